The molecule has 4 heteroatoms. The van der Waals surface area contributed by atoms with Gasteiger partial charge in [0.05, 0.1) is 10.4 Å². The van der Waals surface area contributed by atoms with Crippen molar-refractivity contribution in [3.63, 3.8) is 0 Å². The Labute approximate surface area is 88.5 Å². The predicted octanol–water partition coefficient (Wildman–Crippen LogP) is 1.31. The Kier molecular flexibility index (Phi) is 2.56. The van der Waals surface area contributed by atoms with Crippen molar-refractivity contribution in [2.45, 2.75) is 18.7 Å². The lowest BCUT2D eigenvalue weighted by molar-refractivity contribution is 0.492. The van der Waals surface area contributed by atoms with E-state index >= 15 is 0 Å². The maximum atomic E-state index is 5.95. The van der Waals surface area contributed by atoms with Gasteiger partial charge in [0, 0.05) is 30.1 Å². The molecule has 2 heterocycles. The fourth-order valence-electron chi connectivity index (χ4n) is 1.67. The van der Waals surface area contributed by atoms with Crippen molar-refractivity contribution in [3.05, 3.63) is 34.7 Å². The standard InChI is InChI=1S/C10H15N3S/c1-2-4-13-5-3-7-8(6-13)10(12)14-9(7)11/h3,5-6,10H,2,4,11-12H2,1H3. The fraction of sp³-hybridized carbons (Fsp3) is 0.400. The van der Waals surface area contributed by atoms with E-state index in [-0.39, 0.29) is 5.37 Å². The molecule has 3 nitrogen and oxygen atoms in total. The third-order valence-electron chi connectivity index (χ3n) is 2.36. The van der Waals surface area contributed by atoms with Crippen LogP contribution < -0.4 is 11.5 Å². The molecule has 0 saturated carbocycles. The van der Waals surface area contributed by atoms with Crippen LogP contribution in [-0.2, 0) is 0 Å². The lowest BCUT2D eigenvalue weighted by atomic mass is 10.1. The molecule has 2 aliphatic rings. The van der Waals surface area contributed by atoms with E-state index in [4.69, 9.17) is 11.5 Å². The Morgan fingerprint density at radius 1 is 1.57 bits per heavy atom. The van der Waals surface area contributed by atoms with Crippen LogP contribution in [0.4, 0.5) is 0 Å². The van der Waals surface area contributed by atoms with E-state index in [1.807, 2.05) is 0 Å². The predicted molar refractivity (Wildman–Crippen MR) is 61.0 cm³/mol. The average molecular weight is 209 g/mol. The topological polar surface area (TPSA) is 55.3 Å². The number of rotatable bonds is 2. The van der Waals surface area contributed by atoms with Crippen molar-refractivity contribution < 1.29 is 0 Å². The van der Waals surface area contributed by atoms with Crippen LogP contribution in [0.25, 0.3) is 0 Å². The van der Waals surface area contributed by atoms with Gasteiger partial charge in [-0.25, -0.2) is 0 Å². The minimum Gasteiger partial charge on any atom is -0.393 e. The summed E-state index contributed by atoms with van der Waals surface area (Å²) in [6, 6.07) is 0. The zero-order valence-electron chi connectivity index (χ0n) is 8.23. The van der Waals surface area contributed by atoms with Crippen LogP contribution in [0.3, 0.4) is 0 Å². The van der Waals surface area contributed by atoms with Gasteiger partial charge in [-0.15, -0.1) is 0 Å². The van der Waals surface area contributed by atoms with Crippen LogP contribution in [0.5, 0.6) is 0 Å². The highest BCUT2D eigenvalue weighted by molar-refractivity contribution is 8.04. The summed E-state index contributed by atoms with van der Waals surface area (Å²) in [5.41, 5.74) is 14.1. The van der Waals surface area contributed by atoms with E-state index in [0.29, 0.717) is 0 Å². The monoisotopic (exact) mass is 209 g/mol. The first-order valence-electron chi connectivity index (χ1n) is 4.80. The molecule has 0 radical (unpaired) electrons. The van der Waals surface area contributed by atoms with Crippen LogP contribution in [0.15, 0.2) is 34.7 Å². The Bertz CT molecular complexity index is 330. The Morgan fingerprint density at radius 2 is 2.36 bits per heavy atom. The van der Waals surface area contributed by atoms with E-state index in [0.717, 1.165) is 29.1 Å². The number of fused-ring (bicyclic) bond motifs is 1. The summed E-state index contributed by atoms with van der Waals surface area (Å²) >= 11 is 1.53. The van der Waals surface area contributed by atoms with E-state index in [1.54, 1.807) is 0 Å². The van der Waals surface area contributed by atoms with Crippen LogP contribution in [0.1, 0.15) is 13.3 Å². The molecule has 0 spiro atoms. The van der Waals surface area contributed by atoms with E-state index in [2.05, 4.69) is 30.3 Å². The normalized spacial score (nSPS) is 25.4. The molecule has 14 heavy (non-hydrogen) atoms. The Balaban J connectivity index is 2.24. The lowest BCUT2D eigenvalue weighted by Gasteiger charge is -2.21. The molecule has 1 atom stereocenters. The maximum absolute atomic E-state index is 5.95. The first-order chi connectivity index (χ1) is 6.72. The molecule has 0 aliphatic carbocycles. The van der Waals surface area contributed by atoms with E-state index in [1.165, 1.54) is 11.8 Å². The van der Waals surface area contributed by atoms with Gasteiger partial charge in [-0.1, -0.05) is 18.7 Å². The number of allylic oxidation sites excluding steroid dienone is 1. The summed E-state index contributed by atoms with van der Waals surface area (Å²) in [7, 11) is 0. The molecule has 4 N–H and O–H groups in total. The van der Waals surface area contributed by atoms with Gasteiger partial charge in [-0.2, -0.15) is 0 Å². The molecule has 0 saturated heterocycles. The SMILES string of the molecule is CCCN1C=CC2=C(N)SC(N)C2=C1. The van der Waals surface area contributed by atoms with Crippen molar-refractivity contribution >= 4 is 11.8 Å². The van der Waals surface area contributed by atoms with Gasteiger partial charge in [0.15, 0.2) is 0 Å². The molecule has 1 unspecified atom stereocenters. The molecular weight excluding hydrogens is 194 g/mol. The molecule has 2 aliphatic heterocycles. The van der Waals surface area contributed by atoms with Gasteiger partial charge in [0.2, 0.25) is 0 Å². The molecule has 0 aromatic heterocycles. The molecule has 0 amide bonds. The molecular formula is C10H15N3S. The second-order valence-electron chi connectivity index (χ2n) is 3.45. The summed E-state index contributed by atoms with van der Waals surface area (Å²) < 4.78 is 0. The van der Waals surface area contributed by atoms with Gasteiger partial charge < -0.3 is 16.4 Å². The van der Waals surface area contributed by atoms with Crippen molar-refractivity contribution in [2.24, 2.45) is 11.5 Å². The van der Waals surface area contributed by atoms with Gasteiger partial charge >= 0.3 is 0 Å². The number of hydrogen-bond acceptors (Lipinski definition) is 4. The van der Waals surface area contributed by atoms with Crippen LogP contribution in [0.2, 0.25) is 0 Å². The second kappa shape index (κ2) is 3.71. The van der Waals surface area contributed by atoms with Crippen molar-refractivity contribution in [1.29, 1.82) is 0 Å². The van der Waals surface area contributed by atoms with Crippen molar-refractivity contribution in [3.8, 4) is 0 Å². The smallest absolute Gasteiger partial charge is 0.0846 e. The fourth-order valence-corrected chi connectivity index (χ4v) is 2.57. The Hall–Kier alpha value is -0.870. The highest BCUT2D eigenvalue weighted by Crippen LogP contribution is 2.38. The van der Waals surface area contributed by atoms with Crippen LogP contribution in [-0.4, -0.2) is 16.8 Å². The molecule has 0 aromatic rings. The number of nitrogens with two attached hydrogens (primary N) is 2. The molecule has 0 bridgehead atoms. The Morgan fingerprint density at radius 3 is 3.07 bits per heavy atom. The third kappa shape index (κ3) is 1.55. The van der Waals surface area contributed by atoms with Crippen molar-refractivity contribution in [1.82, 2.24) is 4.90 Å². The summed E-state index contributed by atoms with van der Waals surface area (Å²) in [5, 5.41) is 0.852. The lowest BCUT2D eigenvalue weighted by Crippen LogP contribution is -2.21. The zero-order valence-corrected chi connectivity index (χ0v) is 9.05. The van der Waals surface area contributed by atoms with Gasteiger partial charge in [0.25, 0.3) is 0 Å². The first kappa shape index (κ1) is 9.68. The minimum absolute atomic E-state index is 0.00862. The number of nitrogens with zero attached hydrogens (tertiary/aromatic N) is 1. The minimum atomic E-state index is 0.00862. The summed E-state index contributed by atoms with van der Waals surface area (Å²) in [4.78, 5) is 2.16. The zero-order chi connectivity index (χ0) is 10.1. The molecule has 0 aromatic carbocycles. The van der Waals surface area contributed by atoms with E-state index in [9.17, 15) is 0 Å². The quantitative estimate of drug-likeness (QED) is 0.720. The molecule has 76 valence electrons. The third-order valence-corrected chi connectivity index (χ3v) is 3.34. The summed E-state index contributed by atoms with van der Waals surface area (Å²) in [6.07, 6.45) is 7.36. The van der Waals surface area contributed by atoms with Crippen molar-refractivity contribution in [2.75, 3.05) is 6.54 Å². The highest BCUT2D eigenvalue weighted by Gasteiger charge is 2.26. The van der Waals surface area contributed by atoms with Gasteiger partial charge in [-0.3, -0.25) is 0 Å². The van der Waals surface area contributed by atoms with Crippen LogP contribution in [0, 0.1) is 0 Å². The molecule has 2 rings (SSSR count). The first-order valence-corrected chi connectivity index (χ1v) is 5.68. The number of hydrogen-bond donors (Lipinski definition) is 2. The summed E-state index contributed by atoms with van der Waals surface area (Å²) in [6.45, 7) is 3.19. The van der Waals surface area contributed by atoms with Crippen LogP contribution >= 0.6 is 11.8 Å². The number of thioether (sulfide) groups is 1. The van der Waals surface area contributed by atoms with Gasteiger partial charge in [0.1, 0.15) is 0 Å². The summed E-state index contributed by atoms with van der Waals surface area (Å²) in [5.74, 6) is 0. The average Bonchev–Trinajstić information content (AvgIpc) is 2.43. The highest BCUT2D eigenvalue weighted by atomic mass is 32.2. The largest absolute Gasteiger partial charge is 0.393 e. The molecule has 0 fully saturated rings. The van der Waals surface area contributed by atoms with Gasteiger partial charge in [-0.05, 0) is 12.5 Å². The maximum Gasteiger partial charge on any atom is 0.0846 e. The second-order valence-corrected chi connectivity index (χ2v) is 4.64. The van der Waals surface area contributed by atoms with E-state index < -0.39 is 0 Å².